The SMILES string of the molecule is COCCC1(CNC(=O)NC(CO)c2ccccc2)CCC1. The van der Waals surface area contributed by atoms with Crippen LogP contribution in [0.2, 0.25) is 0 Å². The summed E-state index contributed by atoms with van der Waals surface area (Å²) in [5, 5.41) is 15.3. The van der Waals surface area contributed by atoms with Crippen LogP contribution in [0.25, 0.3) is 0 Å². The van der Waals surface area contributed by atoms with Crippen molar-refractivity contribution in [1.29, 1.82) is 0 Å². The predicted octanol–water partition coefficient (Wildman–Crippen LogP) is 2.23. The fourth-order valence-corrected chi connectivity index (χ4v) is 2.91. The van der Waals surface area contributed by atoms with Crippen molar-refractivity contribution in [3.63, 3.8) is 0 Å². The molecule has 2 rings (SSSR count). The third kappa shape index (κ3) is 4.45. The molecule has 5 nitrogen and oxygen atoms in total. The van der Waals surface area contributed by atoms with Gasteiger partial charge in [0.1, 0.15) is 0 Å². The molecule has 1 saturated carbocycles. The van der Waals surface area contributed by atoms with Gasteiger partial charge in [-0.15, -0.1) is 0 Å². The van der Waals surface area contributed by atoms with E-state index in [-0.39, 0.29) is 24.1 Å². The summed E-state index contributed by atoms with van der Waals surface area (Å²) < 4.78 is 5.16. The molecule has 1 atom stereocenters. The maximum absolute atomic E-state index is 12.1. The third-order valence-corrected chi connectivity index (χ3v) is 4.56. The van der Waals surface area contributed by atoms with E-state index in [9.17, 15) is 9.90 Å². The molecule has 1 unspecified atom stereocenters. The average Bonchev–Trinajstić information content (AvgIpc) is 2.52. The summed E-state index contributed by atoms with van der Waals surface area (Å²) in [6, 6.07) is 8.88. The Morgan fingerprint density at radius 1 is 1.36 bits per heavy atom. The standard InChI is InChI=1S/C17H26N2O3/c1-22-11-10-17(8-5-9-17)13-18-16(21)19-15(12-20)14-6-3-2-4-7-14/h2-4,6-7,15,20H,5,8-13H2,1H3,(H2,18,19,21). The van der Waals surface area contributed by atoms with E-state index in [0.29, 0.717) is 6.54 Å². The number of carbonyl (C=O) groups excluding carboxylic acids is 1. The number of hydrogen-bond acceptors (Lipinski definition) is 3. The third-order valence-electron chi connectivity index (χ3n) is 4.56. The van der Waals surface area contributed by atoms with Crippen LogP contribution in [0.3, 0.4) is 0 Å². The second kappa shape index (κ2) is 8.15. The van der Waals surface area contributed by atoms with Crippen LogP contribution in [-0.4, -0.2) is 38.0 Å². The normalized spacial score (nSPS) is 17.4. The molecule has 0 aromatic heterocycles. The van der Waals surface area contributed by atoms with E-state index in [1.54, 1.807) is 7.11 Å². The first kappa shape index (κ1) is 16.8. The molecule has 1 aromatic rings. The minimum Gasteiger partial charge on any atom is -0.394 e. The number of nitrogens with one attached hydrogen (secondary N) is 2. The van der Waals surface area contributed by atoms with Crippen molar-refractivity contribution in [2.75, 3.05) is 26.9 Å². The number of rotatable bonds is 8. The van der Waals surface area contributed by atoms with Crippen molar-refractivity contribution >= 4 is 6.03 Å². The van der Waals surface area contributed by atoms with Gasteiger partial charge >= 0.3 is 6.03 Å². The summed E-state index contributed by atoms with van der Waals surface area (Å²) in [6.07, 6.45) is 4.47. The molecule has 1 aromatic carbocycles. The van der Waals surface area contributed by atoms with Gasteiger partial charge in [0.15, 0.2) is 0 Å². The number of hydrogen-bond donors (Lipinski definition) is 3. The Balaban J connectivity index is 1.81. The number of urea groups is 1. The average molecular weight is 306 g/mol. The van der Waals surface area contributed by atoms with Gasteiger partial charge in [0.25, 0.3) is 0 Å². The monoisotopic (exact) mass is 306 g/mol. The molecule has 0 spiro atoms. The summed E-state index contributed by atoms with van der Waals surface area (Å²) in [7, 11) is 1.71. The van der Waals surface area contributed by atoms with Gasteiger partial charge in [-0.1, -0.05) is 36.8 Å². The Labute approximate surface area is 132 Å². The molecule has 122 valence electrons. The minimum atomic E-state index is -0.377. The molecular formula is C17H26N2O3. The number of aliphatic hydroxyl groups excluding tert-OH is 1. The summed E-state index contributed by atoms with van der Waals surface area (Å²) in [5.41, 5.74) is 1.09. The first-order chi connectivity index (χ1) is 10.7. The minimum absolute atomic E-state index is 0.119. The Morgan fingerprint density at radius 2 is 2.09 bits per heavy atom. The topological polar surface area (TPSA) is 70.6 Å². The smallest absolute Gasteiger partial charge is 0.315 e. The molecule has 1 aliphatic carbocycles. The number of ether oxygens (including phenoxy) is 1. The van der Waals surface area contributed by atoms with Gasteiger partial charge in [0.05, 0.1) is 12.6 Å². The molecule has 0 heterocycles. The zero-order chi connectivity index (χ0) is 15.8. The first-order valence-corrected chi connectivity index (χ1v) is 7.88. The first-order valence-electron chi connectivity index (χ1n) is 7.88. The Bertz CT molecular complexity index is 460. The second-order valence-electron chi connectivity index (χ2n) is 6.07. The van der Waals surface area contributed by atoms with E-state index in [4.69, 9.17) is 4.74 Å². The maximum atomic E-state index is 12.1. The number of aliphatic hydroxyl groups is 1. The number of methoxy groups -OCH3 is 1. The van der Waals surface area contributed by atoms with Crippen molar-refractivity contribution in [2.24, 2.45) is 5.41 Å². The highest BCUT2D eigenvalue weighted by molar-refractivity contribution is 5.74. The van der Waals surface area contributed by atoms with Crippen molar-refractivity contribution in [3.8, 4) is 0 Å². The predicted molar refractivity (Wildman–Crippen MR) is 85.6 cm³/mol. The zero-order valence-corrected chi connectivity index (χ0v) is 13.2. The highest BCUT2D eigenvalue weighted by Gasteiger charge is 2.36. The number of benzene rings is 1. The second-order valence-corrected chi connectivity index (χ2v) is 6.07. The van der Waals surface area contributed by atoms with Crippen molar-refractivity contribution in [2.45, 2.75) is 31.7 Å². The van der Waals surface area contributed by atoms with Crippen LogP contribution in [0.1, 0.15) is 37.3 Å². The molecule has 0 bridgehead atoms. The lowest BCUT2D eigenvalue weighted by molar-refractivity contribution is 0.0709. The van der Waals surface area contributed by atoms with Crippen LogP contribution in [0, 0.1) is 5.41 Å². The highest BCUT2D eigenvalue weighted by atomic mass is 16.5. The fraction of sp³-hybridized carbons (Fsp3) is 0.588. The Kier molecular flexibility index (Phi) is 6.21. The van der Waals surface area contributed by atoms with Crippen LogP contribution < -0.4 is 10.6 Å². The lowest BCUT2D eigenvalue weighted by Gasteiger charge is -2.42. The van der Waals surface area contributed by atoms with Gasteiger partial charge in [-0.25, -0.2) is 4.79 Å². The fourth-order valence-electron chi connectivity index (χ4n) is 2.91. The Morgan fingerprint density at radius 3 is 2.64 bits per heavy atom. The van der Waals surface area contributed by atoms with Crippen LogP contribution in [0.5, 0.6) is 0 Å². The molecule has 22 heavy (non-hydrogen) atoms. The molecule has 5 heteroatoms. The summed E-state index contributed by atoms with van der Waals surface area (Å²) in [5.74, 6) is 0. The van der Waals surface area contributed by atoms with Gasteiger partial charge in [-0.3, -0.25) is 0 Å². The molecular weight excluding hydrogens is 280 g/mol. The maximum Gasteiger partial charge on any atom is 0.315 e. The zero-order valence-electron chi connectivity index (χ0n) is 13.2. The molecule has 0 saturated heterocycles. The van der Waals surface area contributed by atoms with E-state index in [1.165, 1.54) is 6.42 Å². The van der Waals surface area contributed by atoms with Crippen molar-refractivity contribution < 1.29 is 14.6 Å². The molecule has 0 radical (unpaired) electrons. The van der Waals surface area contributed by atoms with Crippen molar-refractivity contribution in [3.05, 3.63) is 35.9 Å². The largest absolute Gasteiger partial charge is 0.394 e. The van der Waals surface area contributed by atoms with E-state index in [0.717, 1.165) is 31.4 Å². The van der Waals surface area contributed by atoms with Gasteiger partial charge in [-0.05, 0) is 30.2 Å². The summed E-state index contributed by atoms with van der Waals surface area (Å²) in [4.78, 5) is 12.1. The highest BCUT2D eigenvalue weighted by Crippen LogP contribution is 2.43. The van der Waals surface area contributed by atoms with Gasteiger partial charge in [-0.2, -0.15) is 0 Å². The lowest BCUT2D eigenvalue weighted by atomic mass is 9.67. The van der Waals surface area contributed by atoms with Crippen LogP contribution >= 0.6 is 0 Å². The molecule has 1 aliphatic rings. The van der Waals surface area contributed by atoms with E-state index in [2.05, 4.69) is 10.6 Å². The van der Waals surface area contributed by atoms with E-state index >= 15 is 0 Å². The molecule has 0 aliphatic heterocycles. The van der Waals surface area contributed by atoms with Crippen molar-refractivity contribution in [1.82, 2.24) is 10.6 Å². The Hall–Kier alpha value is -1.59. The molecule has 3 N–H and O–H groups in total. The van der Waals surface area contributed by atoms with E-state index < -0.39 is 0 Å². The lowest BCUT2D eigenvalue weighted by Crippen LogP contribution is -2.47. The quantitative estimate of drug-likeness (QED) is 0.690. The van der Waals surface area contributed by atoms with Crippen LogP contribution in [0.4, 0.5) is 4.79 Å². The molecule has 2 amide bonds. The van der Waals surface area contributed by atoms with Crippen LogP contribution in [-0.2, 0) is 4.74 Å². The van der Waals surface area contributed by atoms with Gasteiger partial charge in [0.2, 0.25) is 0 Å². The van der Waals surface area contributed by atoms with Crippen LogP contribution in [0.15, 0.2) is 30.3 Å². The van der Waals surface area contributed by atoms with Gasteiger partial charge < -0.3 is 20.5 Å². The summed E-state index contributed by atoms with van der Waals surface area (Å²) in [6.45, 7) is 1.27. The number of carbonyl (C=O) groups is 1. The summed E-state index contributed by atoms with van der Waals surface area (Å²) >= 11 is 0. The molecule has 1 fully saturated rings. The number of amides is 2. The van der Waals surface area contributed by atoms with Gasteiger partial charge in [0, 0.05) is 20.3 Å². The van der Waals surface area contributed by atoms with E-state index in [1.807, 2.05) is 30.3 Å².